The second-order valence-corrected chi connectivity index (χ2v) is 6.26. The summed E-state index contributed by atoms with van der Waals surface area (Å²) in [6.07, 6.45) is 14.1. The zero-order valence-corrected chi connectivity index (χ0v) is 13.0. The smallest absolute Gasteiger partial charge is 0.331 e. The SMILES string of the molecule is CCCCCCCCCCC1(C)CC(C)=CC(=O)O1. The van der Waals surface area contributed by atoms with Crippen LogP contribution in [-0.4, -0.2) is 11.6 Å². The van der Waals surface area contributed by atoms with Crippen LogP contribution in [-0.2, 0) is 9.53 Å². The summed E-state index contributed by atoms with van der Waals surface area (Å²) in [6.45, 7) is 6.34. The Labute approximate surface area is 118 Å². The summed E-state index contributed by atoms with van der Waals surface area (Å²) in [6, 6.07) is 0. The fourth-order valence-electron chi connectivity index (χ4n) is 2.92. The van der Waals surface area contributed by atoms with Gasteiger partial charge in [-0.05, 0) is 26.7 Å². The molecule has 0 saturated carbocycles. The van der Waals surface area contributed by atoms with Crippen molar-refractivity contribution >= 4 is 5.97 Å². The lowest BCUT2D eigenvalue weighted by molar-refractivity contribution is -0.154. The number of rotatable bonds is 9. The second-order valence-electron chi connectivity index (χ2n) is 6.26. The van der Waals surface area contributed by atoms with E-state index in [4.69, 9.17) is 4.74 Å². The van der Waals surface area contributed by atoms with E-state index in [0.717, 1.165) is 18.4 Å². The van der Waals surface area contributed by atoms with Crippen LogP contribution in [0.15, 0.2) is 11.6 Å². The summed E-state index contributed by atoms with van der Waals surface area (Å²) < 4.78 is 5.49. The minimum atomic E-state index is -0.252. The lowest BCUT2D eigenvalue weighted by Gasteiger charge is -2.32. The van der Waals surface area contributed by atoms with Crippen LogP contribution >= 0.6 is 0 Å². The molecule has 1 heterocycles. The average Bonchev–Trinajstić information content (AvgIpc) is 2.30. The Morgan fingerprint density at radius 1 is 1.11 bits per heavy atom. The Morgan fingerprint density at radius 2 is 1.68 bits per heavy atom. The molecule has 1 unspecified atom stereocenters. The van der Waals surface area contributed by atoms with Crippen molar-refractivity contribution in [2.45, 2.75) is 90.6 Å². The molecule has 0 amide bonds. The summed E-state index contributed by atoms with van der Waals surface area (Å²) in [5.41, 5.74) is 0.899. The van der Waals surface area contributed by atoms with Crippen LogP contribution in [0.4, 0.5) is 0 Å². The highest BCUT2D eigenvalue weighted by molar-refractivity contribution is 5.84. The molecule has 0 radical (unpaired) electrons. The molecule has 0 spiro atoms. The predicted molar refractivity (Wildman–Crippen MR) is 80.1 cm³/mol. The maximum atomic E-state index is 11.4. The molecule has 0 bridgehead atoms. The minimum Gasteiger partial charge on any atom is -0.456 e. The van der Waals surface area contributed by atoms with E-state index in [9.17, 15) is 4.79 Å². The van der Waals surface area contributed by atoms with Gasteiger partial charge in [-0.3, -0.25) is 0 Å². The maximum Gasteiger partial charge on any atom is 0.331 e. The van der Waals surface area contributed by atoms with Gasteiger partial charge in [-0.25, -0.2) is 4.79 Å². The van der Waals surface area contributed by atoms with E-state index < -0.39 is 0 Å². The number of hydrogen-bond donors (Lipinski definition) is 0. The number of unbranched alkanes of at least 4 members (excludes halogenated alkanes) is 7. The first-order valence-electron chi connectivity index (χ1n) is 7.96. The maximum absolute atomic E-state index is 11.4. The highest BCUT2D eigenvalue weighted by Crippen LogP contribution is 2.30. The molecule has 0 fully saturated rings. The molecule has 1 rings (SSSR count). The number of carbonyl (C=O) groups is 1. The third-order valence-corrected chi connectivity index (χ3v) is 3.92. The van der Waals surface area contributed by atoms with Crippen molar-refractivity contribution in [3.63, 3.8) is 0 Å². The molecule has 0 aromatic heterocycles. The van der Waals surface area contributed by atoms with Crippen molar-refractivity contribution in [1.82, 2.24) is 0 Å². The van der Waals surface area contributed by atoms with Gasteiger partial charge in [-0.15, -0.1) is 0 Å². The average molecular weight is 266 g/mol. The van der Waals surface area contributed by atoms with Crippen molar-refractivity contribution in [2.24, 2.45) is 0 Å². The first-order valence-corrected chi connectivity index (χ1v) is 7.96. The predicted octanol–water partition coefficient (Wildman–Crippen LogP) is 5.17. The molecule has 1 atom stereocenters. The van der Waals surface area contributed by atoms with Crippen molar-refractivity contribution < 1.29 is 9.53 Å². The van der Waals surface area contributed by atoms with Gasteiger partial charge < -0.3 is 4.74 Å². The van der Waals surface area contributed by atoms with Crippen LogP contribution in [0.25, 0.3) is 0 Å². The Morgan fingerprint density at radius 3 is 2.26 bits per heavy atom. The quantitative estimate of drug-likeness (QED) is 0.425. The molecule has 0 aromatic rings. The van der Waals surface area contributed by atoms with Crippen LogP contribution in [0.5, 0.6) is 0 Å². The lowest BCUT2D eigenvalue weighted by Crippen LogP contribution is -2.34. The molecule has 0 N–H and O–H groups in total. The molecule has 110 valence electrons. The van der Waals surface area contributed by atoms with Crippen molar-refractivity contribution in [2.75, 3.05) is 0 Å². The number of hydrogen-bond acceptors (Lipinski definition) is 2. The zero-order chi connectivity index (χ0) is 14.1. The minimum absolute atomic E-state index is 0.161. The number of carbonyl (C=O) groups excluding carboxylic acids is 1. The normalized spacial score (nSPS) is 23.1. The third-order valence-electron chi connectivity index (χ3n) is 3.92. The first kappa shape index (κ1) is 16.3. The van der Waals surface area contributed by atoms with E-state index in [2.05, 4.69) is 13.8 Å². The summed E-state index contributed by atoms with van der Waals surface area (Å²) in [5, 5.41) is 0. The van der Waals surface area contributed by atoms with Crippen LogP contribution in [0.3, 0.4) is 0 Å². The lowest BCUT2D eigenvalue weighted by atomic mass is 9.89. The molecule has 2 heteroatoms. The van der Waals surface area contributed by atoms with Gasteiger partial charge >= 0.3 is 5.97 Å². The van der Waals surface area contributed by atoms with Crippen LogP contribution in [0, 0.1) is 0 Å². The third kappa shape index (κ3) is 6.79. The largest absolute Gasteiger partial charge is 0.456 e. The van der Waals surface area contributed by atoms with E-state index in [-0.39, 0.29) is 11.6 Å². The molecule has 0 aliphatic carbocycles. The van der Waals surface area contributed by atoms with Gasteiger partial charge in [0.1, 0.15) is 5.60 Å². The topological polar surface area (TPSA) is 26.3 Å². The van der Waals surface area contributed by atoms with Crippen molar-refractivity contribution in [1.29, 1.82) is 0 Å². The van der Waals surface area contributed by atoms with Crippen molar-refractivity contribution in [3.8, 4) is 0 Å². The van der Waals surface area contributed by atoms with Crippen LogP contribution in [0.2, 0.25) is 0 Å². The van der Waals surface area contributed by atoms with Gasteiger partial charge in [0.25, 0.3) is 0 Å². The summed E-state index contributed by atoms with van der Waals surface area (Å²) in [7, 11) is 0. The van der Waals surface area contributed by atoms with E-state index in [1.54, 1.807) is 6.08 Å². The monoisotopic (exact) mass is 266 g/mol. The molecule has 0 saturated heterocycles. The fraction of sp³-hybridized carbons (Fsp3) is 0.824. The Balaban J connectivity index is 2.09. The molecule has 1 aliphatic rings. The van der Waals surface area contributed by atoms with E-state index >= 15 is 0 Å². The van der Waals surface area contributed by atoms with Gasteiger partial charge in [-0.1, -0.05) is 57.4 Å². The Hall–Kier alpha value is -0.790. The zero-order valence-electron chi connectivity index (χ0n) is 13.0. The van der Waals surface area contributed by atoms with E-state index in [0.29, 0.717) is 0 Å². The molecular formula is C17H30O2. The fourth-order valence-corrected chi connectivity index (χ4v) is 2.92. The van der Waals surface area contributed by atoms with Crippen molar-refractivity contribution in [3.05, 3.63) is 11.6 Å². The highest BCUT2D eigenvalue weighted by Gasteiger charge is 2.31. The molecule has 19 heavy (non-hydrogen) atoms. The van der Waals surface area contributed by atoms with Gasteiger partial charge in [-0.2, -0.15) is 0 Å². The highest BCUT2D eigenvalue weighted by atomic mass is 16.6. The molecular weight excluding hydrogens is 236 g/mol. The number of ether oxygens (including phenoxy) is 1. The second kappa shape index (κ2) is 8.39. The van der Waals surface area contributed by atoms with Gasteiger partial charge in [0, 0.05) is 12.5 Å². The molecule has 2 nitrogen and oxygen atoms in total. The van der Waals surface area contributed by atoms with Crippen LogP contribution in [0.1, 0.15) is 85.0 Å². The summed E-state index contributed by atoms with van der Waals surface area (Å²) >= 11 is 0. The van der Waals surface area contributed by atoms with Gasteiger partial charge in [0.05, 0.1) is 0 Å². The van der Waals surface area contributed by atoms with Gasteiger partial charge in [0.2, 0.25) is 0 Å². The first-order chi connectivity index (χ1) is 9.06. The van der Waals surface area contributed by atoms with Crippen LogP contribution < -0.4 is 0 Å². The van der Waals surface area contributed by atoms with E-state index in [1.807, 2.05) is 6.92 Å². The van der Waals surface area contributed by atoms with E-state index in [1.165, 1.54) is 51.4 Å². The summed E-state index contributed by atoms with van der Waals surface area (Å²) in [4.78, 5) is 11.4. The molecule has 1 aliphatic heterocycles. The standard InChI is InChI=1S/C17H30O2/c1-4-5-6-7-8-9-10-11-12-17(3)14-15(2)13-16(18)19-17/h13H,4-12,14H2,1-3H3. The number of esters is 1. The Bertz CT molecular complexity index is 306. The van der Waals surface area contributed by atoms with Gasteiger partial charge in [0.15, 0.2) is 0 Å². The molecule has 0 aromatic carbocycles. The number of cyclic esters (lactones) is 1. The Kier molecular flexibility index (Phi) is 7.19. The summed E-state index contributed by atoms with van der Waals surface area (Å²) in [5.74, 6) is -0.161.